The lowest BCUT2D eigenvalue weighted by atomic mass is 10.2. The molecule has 0 aliphatic carbocycles. The molecule has 0 fully saturated rings. The van der Waals surface area contributed by atoms with Crippen LogP contribution in [0.5, 0.6) is 0 Å². The van der Waals surface area contributed by atoms with Crippen molar-refractivity contribution in [2.24, 2.45) is 0 Å². The van der Waals surface area contributed by atoms with Crippen molar-refractivity contribution in [3.05, 3.63) is 42.5 Å². The molecule has 2 nitrogen and oxygen atoms in total. The zero-order valence-corrected chi connectivity index (χ0v) is 11.2. The maximum Gasteiger partial charge on any atom is 0.330 e. The van der Waals surface area contributed by atoms with Gasteiger partial charge in [-0.2, -0.15) is 0 Å². The van der Waals surface area contributed by atoms with Gasteiger partial charge in [0.2, 0.25) is 0 Å². The number of thioether (sulfide) groups is 1. The lowest BCUT2D eigenvalue weighted by Crippen LogP contribution is -1.98. The Balaban J connectivity index is 2.37. The summed E-state index contributed by atoms with van der Waals surface area (Å²) < 4.78 is 4.51. The molecule has 0 spiro atoms. The number of esters is 1. The summed E-state index contributed by atoms with van der Waals surface area (Å²) in [6, 6.07) is 10.0. The van der Waals surface area contributed by atoms with Crippen molar-refractivity contribution in [3.63, 3.8) is 0 Å². The number of methoxy groups -OCH3 is 1. The van der Waals surface area contributed by atoms with Gasteiger partial charge in [-0.25, -0.2) is 4.79 Å². The Morgan fingerprint density at radius 2 is 2.22 bits per heavy atom. The fourth-order valence-electron chi connectivity index (χ4n) is 1.33. The number of carbonyl (C=O) groups excluding carboxylic acids is 1. The van der Waals surface area contributed by atoms with Crippen LogP contribution in [-0.2, 0) is 9.53 Å². The summed E-state index contributed by atoms with van der Waals surface area (Å²) >= 11 is 1.67. The maximum absolute atomic E-state index is 10.9. The first kappa shape index (κ1) is 14.4. The van der Waals surface area contributed by atoms with Crippen molar-refractivity contribution in [2.75, 3.05) is 7.11 Å². The van der Waals surface area contributed by atoms with Crippen LogP contribution in [0.3, 0.4) is 0 Å². The van der Waals surface area contributed by atoms with E-state index in [2.05, 4.69) is 10.7 Å². The molecule has 0 N–H and O–H groups in total. The molecule has 1 atom stereocenters. The molecule has 0 heterocycles. The average molecular weight is 260 g/mol. The number of hydrogen-bond acceptors (Lipinski definition) is 3. The second-order valence-corrected chi connectivity index (χ2v) is 4.87. The first-order valence-corrected chi connectivity index (χ1v) is 6.56. The largest absolute Gasteiger partial charge is 0.466 e. The van der Waals surface area contributed by atoms with Gasteiger partial charge in [-0.05, 0) is 25.0 Å². The first-order valence-electron chi connectivity index (χ1n) is 5.68. The standard InChI is InChI=1S/C15H16O2S/c1-3-13(9-7-8-12-15(16)17-2)18-14-10-5-4-6-11-14/h1,4-6,8,10-13H,7,9H2,2H3/b12-8+. The number of hydrogen-bond donors (Lipinski definition) is 0. The van der Waals surface area contributed by atoms with E-state index < -0.39 is 0 Å². The number of carbonyl (C=O) groups is 1. The average Bonchev–Trinajstić information content (AvgIpc) is 2.43. The molecule has 1 aromatic carbocycles. The van der Waals surface area contributed by atoms with Crippen LogP contribution in [-0.4, -0.2) is 18.3 Å². The van der Waals surface area contributed by atoms with E-state index in [-0.39, 0.29) is 11.2 Å². The molecule has 0 aliphatic rings. The highest BCUT2D eigenvalue weighted by Gasteiger charge is 2.05. The van der Waals surface area contributed by atoms with E-state index in [0.29, 0.717) is 0 Å². The van der Waals surface area contributed by atoms with Crippen LogP contribution >= 0.6 is 11.8 Å². The lowest BCUT2D eigenvalue weighted by Gasteiger charge is -2.08. The monoisotopic (exact) mass is 260 g/mol. The molecule has 0 amide bonds. The van der Waals surface area contributed by atoms with E-state index in [4.69, 9.17) is 6.42 Å². The molecular weight excluding hydrogens is 244 g/mol. The topological polar surface area (TPSA) is 26.3 Å². The molecule has 94 valence electrons. The molecule has 0 saturated heterocycles. The van der Waals surface area contributed by atoms with E-state index in [1.165, 1.54) is 13.2 Å². The predicted molar refractivity (Wildman–Crippen MR) is 75.3 cm³/mol. The predicted octanol–water partition coefficient (Wildman–Crippen LogP) is 3.29. The number of benzene rings is 1. The SMILES string of the molecule is C#CC(CC/C=C/C(=O)OC)Sc1ccccc1. The van der Waals surface area contributed by atoms with Gasteiger partial charge >= 0.3 is 5.97 Å². The van der Waals surface area contributed by atoms with Gasteiger partial charge < -0.3 is 4.74 Å². The van der Waals surface area contributed by atoms with E-state index in [1.807, 2.05) is 30.3 Å². The van der Waals surface area contributed by atoms with Crippen molar-refractivity contribution in [1.29, 1.82) is 0 Å². The lowest BCUT2D eigenvalue weighted by molar-refractivity contribution is -0.134. The van der Waals surface area contributed by atoms with Gasteiger partial charge in [0.1, 0.15) is 0 Å². The summed E-state index contributed by atoms with van der Waals surface area (Å²) in [6.45, 7) is 0. The van der Waals surface area contributed by atoms with Gasteiger partial charge in [-0.15, -0.1) is 18.2 Å². The van der Waals surface area contributed by atoms with Crippen LogP contribution in [0.2, 0.25) is 0 Å². The van der Waals surface area contributed by atoms with Gasteiger partial charge in [0.25, 0.3) is 0 Å². The molecule has 1 unspecified atom stereocenters. The van der Waals surface area contributed by atoms with Crippen LogP contribution in [0.15, 0.2) is 47.4 Å². The first-order chi connectivity index (χ1) is 8.76. The molecule has 18 heavy (non-hydrogen) atoms. The van der Waals surface area contributed by atoms with Gasteiger partial charge in [0.15, 0.2) is 0 Å². The Kier molecular flexibility index (Phi) is 6.75. The van der Waals surface area contributed by atoms with Crippen LogP contribution in [0.4, 0.5) is 0 Å². The molecule has 0 aromatic heterocycles. The minimum atomic E-state index is -0.331. The second kappa shape index (κ2) is 8.43. The highest BCUT2D eigenvalue weighted by atomic mass is 32.2. The zero-order chi connectivity index (χ0) is 13.2. The molecule has 3 heteroatoms. The summed E-state index contributed by atoms with van der Waals surface area (Å²) in [5.41, 5.74) is 0. The Morgan fingerprint density at radius 3 is 2.83 bits per heavy atom. The maximum atomic E-state index is 10.9. The molecule has 1 aromatic rings. The minimum Gasteiger partial charge on any atom is -0.466 e. The van der Waals surface area contributed by atoms with Crippen molar-refractivity contribution < 1.29 is 9.53 Å². The number of rotatable bonds is 6. The fourth-order valence-corrected chi connectivity index (χ4v) is 2.30. The van der Waals surface area contributed by atoms with Crippen molar-refractivity contribution in [1.82, 2.24) is 0 Å². The zero-order valence-electron chi connectivity index (χ0n) is 10.3. The van der Waals surface area contributed by atoms with Crippen molar-refractivity contribution in [2.45, 2.75) is 23.0 Å². The Bertz CT molecular complexity index is 432. The van der Waals surface area contributed by atoms with Crippen LogP contribution in [0.25, 0.3) is 0 Å². The van der Waals surface area contributed by atoms with Gasteiger partial charge in [-0.3, -0.25) is 0 Å². The fraction of sp³-hybridized carbons (Fsp3) is 0.267. The normalized spacial score (nSPS) is 12.0. The number of ether oxygens (including phenoxy) is 1. The Labute approximate surface area is 112 Å². The minimum absolute atomic E-state index is 0.120. The van der Waals surface area contributed by atoms with E-state index in [9.17, 15) is 4.79 Å². The highest BCUT2D eigenvalue weighted by molar-refractivity contribution is 8.00. The molecule has 0 aliphatic heterocycles. The molecule has 0 saturated carbocycles. The van der Waals surface area contributed by atoms with Crippen LogP contribution in [0, 0.1) is 12.3 Å². The van der Waals surface area contributed by atoms with Crippen LogP contribution in [0.1, 0.15) is 12.8 Å². The smallest absolute Gasteiger partial charge is 0.330 e. The van der Waals surface area contributed by atoms with Crippen molar-refractivity contribution in [3.8, 4) is 12.3 Å². The third-order valence-electron chi connectivity index (χ3n) is 2.26. The van der Waals surface area contributed by atoms with Crippen LogP contribution < -0.4 is 0 Å². The summed E-state index contributed by atoms with van der Waals surface area (Å²) in [4.78, 5) is 12.0. The Morgan fingerprint density at radius 1 is 1.50 bits per heavy atom. The van der Waals surface area contributed by atoms with Gasteiger partial charge in [0.05, 0.1) is 12.4 Å². The van der Waals surface area contributed by atoms with Gasteiger partial charge in [-0.1, -0.05) is 30.2 Å². The molecule has 1 rings (SSSR count). The summed E-state index contributed by atoms with van der Waals surface area (Å²) in [5, 5.41) is 0.120. The summed E-state index contributed by atoms with van der Waals surface area (Å²) in [6.07, 6.45) is 10.3. The Hall–Kier alpha value is -1.66. The van der Waals surface area contributed by atoms with Gasteiger partial charge in [0, 0.05) is 11.0 Å². The highest BCUT2D eigenvalue weighted by Crippen LogP contribution is 2.25. The van der Waals surface area contributed by atoms with Crippen molar-refractivity contribution >= 4 is 17.7 Å². The summed E-state index contributed by atoms with van der Waals surface area (Å²) in [7, 11) is 1.36. The quantitative estimate of drug-likeness (QED) is 0.340. The third-order valence-corrected chi connectivity index (χ3v) is 3.46. The molecular formula is C15H16O2S. The summed E-state index contributed by atoms with van der Waals surface area (Å²) in [5.74, 6) is 2.43. The van der Waals surface area contributed by atoms with E-state index >= 15 is 0 Å². The molecule has 0 radical (unpaired) electrons. The molecule has 0 bridgehead atoms. The number of terminal acetylenes is 1. The van der Waals surface area contributed by atoms with E-state index in [0.717, 1.165) is 17.7 Å². The third kappa shape index (κ3) is 5.60. The van der Waals surface area contributed by atoms with E-state index in [1.54, 1.807) is 17.8 Å². The second-order valence-electron chi connectivity index (χ2n) is 3.59. The number of allylic oxidation sites excluding steroid dienone is 1.